The lowest BCUT2D eigenvalue weighted by Gasteiger charge is -2.15. The van der Waals surface area contributed by atoms with Crippen LogP contribution in [0.2, 0.25) is 0 Å². The highest BCUT2D eigenvalue weighted by Gasteiger charge is 2.20. The van der Waals surface area contributed by atoms with Gasteiger partial charge in [0.2, 0.25) is 0 Å². The highest BCUT2D eigenvalue weighted by atomic mass is 16.5. The molecule has 0 aliphatic heterocycles. The van der Waals surface area contributed by atoms with E-state index in [-0.39, 0.29) is 0 Å². The van der Waals surface area contributed by atoms with Crippen LogP contribution in [0.4, 0.5) is 0 Å². The van der Waals surface area contributed by atoms with Crippen molar-refractivity contribution in [1.29, 1.82) is 0 Å². The second-order valence-corrected chi connectivity index (χ2v) is 10.3. The Balaban J connectivity index is 1.24. The maximum absolute atomic E-state index is 11.8. The molecule has 1 N–H and O–H groups in total. The molecule has 41 heavy (non-hydrogen) atoms. The number of aliphatic carboxylic acids is 1. The number of benzene rings is 5. The summed E-state index contributed by atoms with van der Waals surface area (Å²) >= 11 is 0. The van der Waals surface area contributed by atoms with E-state index in [1.54, 1.807) is 0 Å². The molecular weight excluding hydrogens is 508 g/mol. The number of ether oxygens (including phenoxy) is 1. The molecule has 4 heteroatoms. The largest absolute Gasteiger partial charge is 0.478 e. The number of furan rings is 1. The van der Waals surface area contributed by atoms with Crippen LogP contribution in [0.1, 0.15) is 22.5 Å². The first kappa shape index (κ1) is 26.1. The van der Waals surface area contributed by atoms with E-state index < -0.39 is 12.1 Å². The molecule has 0 saturated heterocycles. The summed E-state index contributed by atoms with van der Waals surface area (Å²) in [4.78, 5) is 11.8. The summed E-state index contributed by atoms with van der Waals surface area (Å²) in [5, 5.41) is 10.8. The number of hydrogen-bond acceptors (Lipinski definition) is 3. The lowest BCUT2D eigenvalue weighted by Crippen LogP contribution is -2.29. The molecule has 1 atom stereocenters. The zero-order valence-electron chi connectivity index (χ0n) is 22.8. The topological polar surface area (TPSA) is 59.7 Å². The van der Waals surface area contributed by atoms with Crippen LogP contribution in [-0.2, 0) is 17.6 Å². The van der Waals surface area contributed by atoms with E-state index in [1.165, 1.54) is 11.1 Å². The Hall–Kier alpha value is -5.09. The number of carbonyl (C=O) groups is 1. The second kappa shape index (κ2) is 11.6. The van der Waals surface area contributed by atoms with Crippen LogP contribution in [0.3, 0.4) is 0 Å². The van der Waals surface area contributed by atoms with E-state index >= 15 is 0 Å². The summed E-state index contributed by atoms with van der Waals surface area (Å²) in [7, 11) is 0. The molecule has 0 aliphatic rings. The van der Waals surface area contributed by atoms with Crippen molar-refractivity contribution in [2.24, 2.45) is 0 Å². The minimum atomic E-state index is -0.984. The van der Waals surface area contributed by atoms with Crippen molar-refractivity contribution in [3.63, 3.8) is 0 Å². The summed E-state index contributed by atoms with van der Waals surface area (Å²) < 4.78 is 12.2. The Bertz CT molecular complexity index is 1770. The minimum absolute atomic E-state index is 0.299. The molecule has 1 unspecified atom stereocenters. The molecule has 0 spiro atoms. The normalized spacial score (nSPS) is 11.8. The molecule has 0 fully saturated rings. The van der Waals surface area contributed by atoms with Crippen molar-refractivity contribution in [2.45, 2.75) is 25.9 Å². The minimum Gasteiger partial charge on any atom is -0.478 e. The molecule has 6 aromatic rings. The summed E-state index contributed by atoms with van der Waals surface area (Å²) in [5.74, 6) is 0.496. The second-order valence-electron chi connectivity index (χ2n) is 10.3. The van der Waals surface area contributed by atoms with Crippen molar-refractivity contribution >= 4 is 16.9 Å². The number of fused-ring (bicyclic) bond motifs is 1. The summed E-state index contributed by atoms with van der Waals surface area (Å²) in [6.07, 6.45) is 0.0591. The van der Waals surface area contributed by atoms with Crippen LogP contribution in [0.5, 0.6) is 5.75 Å². The number of hydrogen-bond donors (Lipinski definition) is 1. The average Bonchev–Trinajstić information content (AvgIpc) is 3.35. The van der Waals surface area contributed by atoms with Gasteiger partial charge in [-0.2, -0.15) is 0 Å². The molecule has 1 aromatic heterocycles. The lowest BCUT2D eigenvalue weighted by molar-refractivity contribution is -0.145. The zero-order chi connectivity index (χ0) is 28.2. The first-order chi connectivity index (χ1) is 20.0. The zero-order valence-corrected chi connectivity index (χ0v) is 22.8. The maximum atomic E-state index is 11.8. The predicted octanol–water partition coefficient (Wildman–Crippen LogP) is 8.74. The van der Waals surface area contributed by atoms with Crippen LogP contribution >= 0.6 is 0 Å². The summed E-state index contributed by atoms with van der Waals surface area (Å²) in [6.45, 7) is 2.10. The van der Waals surface area contributed by atoms with Gasteiger partial charge in [0.05, 0.1) is 0 Å². The highest BCUT2D eigenvalue weighted by molar-refractivity contribution is 5.96. The van der Waals surface area contributed by atoms with Gasteiger partial charge in [0.25, 0.3) is 0 Å². The Morgan fingerprint density at radius 2 is 1.32 bits per heavy atom. The van der Waals surface area contributed by atoms with Crippen molar-refractivity contribution in [1.82, 2.24) is 0 Å². The molecule has 0 amide bonds. The average molecular weight is 539 g/mol. The molecule has 0 bridgehead atoms. The third-order valence-corrected chi connectivity index (χ3v) is 7.30. The van der Waals surface area contributed by atoms with Gasteiger partial charge in [-0.3, -0.25) is 0 Å². The van der Waals surface area contributed by atoms with E-state index in [4.69, 9.17) is 9.15 Å². The summed E-state index contributed by atoms with van der Waals surface area (Å²) in [6, 6.07) is 42.3. The molecule has 0 aliphatic carbocycles. The van der Waals surface area contributed by atoms with Gasteiger partial charge < -0.3 is 14.3 Å². The number of rotatable bonds is 9. The van der Waals surface area contributed by atoms with Gasteiger partial charge >= 0.3 is 5.97 Å². The molecular formula is C37H30O4. The van der Waals surface area contributed by atoms with E-state index in [0.29, 0.717) is 18.6 Å². The summed E-state index contributed by atoms with van der Waals surface area (Å²) in [5.41, 5.74) is 8.53. The Kier molecular flexibility index (Phi) is 7.38. The van der Waals surface area contributed by atoms with E-state index in [9.17, 15) is 9.90 Å². The molecule has 6 rings (SSSR count). The van der Waals surface area contributed by atoms with E-state index in [0.717, 1.165) is 44.5 Å². The molecule has 5 aromatic carbocycles. The van der Waals surface area contributed by atoms with Gasteiger partial charge in [0.1, 0.15) is 17.1 Å². The fraction of sp³-hybridized carbons (Fsp3) is 0.108. The SMILES string of the molecule is Cc1ccc2oc(Cc3ccccc3)c(-c3ccc(-c4ccc(OC(Cc5ccccc5)C(=O)O)cc4)cc3)c2c1. The van der Waals surface area contributed by atoms with Crippen molar-refractivity contribution in [3.8, 4) is 28.0 Å². The van der Waals surface area contributed by atoms with Crippen LogP contribution in [-0.4, -0.2) is 17.2 Å². The van der Waals surface area contributed by atoms with Crippen LogP contribution in [0.25, 0.3) is 33.2 Å². The van der Waals surface area contributed by atoms with Gasteiger partial charge in [-0.1, -0.05) is 109 Å². The fourth-order valence-corrected chi connectivity index (χ4v) is 5.21. The van der Waals surface area contributed by atoms with E-state index in [2.05, 4.69) is 73.7 Å². The number of carboxylic acid groups (broad SMARTS) is 1. The molecule has 1 heterocycles. The number of carboxylic acids is 1. The molecule has 202 valence electrons. The van der Waals surface area contributed by atoms with Gasteiger partial charge in [0, 0.05) is 23.8 Å². The van der Waals surface area contributed by atoms with Crippen molar-refractivity contribution in [3.05, 3.63) is 150 Å². The standard InChI is InChI=1S/C37H30O4/c1-25-12-21-33-32(22-25)36(34(41-33)23-26-8-4-2-5-9-26)30-15-13-28(14-16-30)29-17-19-31(20-18-29)40-35(37(38)39)24-27-10-6-3-7-11-27/h2-22,35H,23-24H2,1H3,(H,38,39). The van der Waals surface area contributed by atoms with Crippen LogP contribution in [0, 0.1) is 6.92 Å². The van der Waals surface area contributed by atoms with E-state index in [1.807, 2.05) is 60.7 Å². The van der Waals surface area contributed by atoms with Gasteiger partial charge in [-0.05, 0) is 59.0 Å². The quantitative estimate of drug-likeness (QED) is 0.200. The Morgan fingerprint density at radius 1 is 0.732 bits per heavy atom. The first-order valence-electron chi connectivity index (χ1n) is 13.7. The third-order valence-electron chi connectivity index (χ3n) is 7.30. The molecule has 0 saturated carbocycles. The monoisotopic (exact) mass is 538 g/mol. The van der Waals surface area contributed by atoms with Crippen LogP contribution < -0.4 is 4.74 Å². The predicted molar refractivity (Wildman–Crippen MR) is 163 cm³/mol. The van der Waals surface area contributed by atoms with Crippen molar-refractivity contribution in [2.75, 3.05) is 0 Å². The Labute approximate surface area is 239 Å². The maximum Gasteiger partial charge on any atom is 0.345 e. The third kappa shape index (κ3) is 5.92. The number of aryl methyl sites for hydroxylation is 1. The van der Waals surface area contributed by atoms with Crippen LogP contribution in [0.15, 0.2) is 132 Å². The van der Waals surface area contributed by atoms with Gasteiger partial charge in [0.15, 0.2) is 6.10 Å². The smallest absolute Gasteiger partial charge is 0.345 e. The fourth-order valence-electron chi connectivity index (χ4n) is 5.21. The highest BCUT2D eigenvalue weighted by Crippen LogP contribution is 2.37. The lowest BCUT2D eigenvalue weighted by atomic mass is 9.96. The van der Waals surface area contributed by atoms with Gasteiger partial charge in [-0.25, -0.2) is 4.79 Å². The van der Waals surface area contributed by atoms with Gasteiger partial charge in [-0.15, -0.1) is 0 Å². The molecule has 0 radical (unpaired) electrons. The Morgan fingerprint density at radius 3 is 1.95 bits per heavy atom. The first-order valence-corrected chi connectivity index (χ1v) is 13.7. The molecule has 4 nitrogen and oxygen atoms in total. The van der Waals surface area contributed by atoms with Crippen molar-refractivity contribution < 1.29 is 19.1 Å².